The highest BCUT2D eigenvalue weighted by molar-refractivity contribution is 6.01. The van der Waals surface area contributed by atoms with Crippen LogP contribution < -0.4 is 0 Å². The molecule has 0 unspecified atom stereocenters. The number of hydrogen-bond acceptors (Lipinski definition) is 5. The van der Waals surface area contributed by atoms with Gasteiger partial charge < -0.3 is 20.2 Å². The van der Waals surface area contributed by atoms with E-state index in [0.29, 0.717) is 5.56 Å². The fraction of sp³-hybridized carbons (Fsp3) is 0.111. The van der Waals surface area contributed by atoms with Crippen molar-refractivity contribution in [3.63, 3.8) is 0 Å². The van der Waals surface area contributed by atoms with Gasteiger partial charge >= 0.3 is 0 Å². The lowest BCUT2D eigenvalue weighted by molar-refractivity contribution is -0.125. The molecule has 0 fully saturated rings. The third-order valence-electron chi connectivity index (χ3n) is 3.36. The molecular weight excluding hydrogens is 308 g/mol. The van der Waals surface area contributed by atoms with Crippen molar-refractivity contribution in [3.05, 3.63) is 59.2 Å². The van der Waals surface area contributed by atoms with E-state index in [0.717, 1.165) is 5.56 Å². The van der Waals surface area contributed by atoms with E-state index < -0.39 is 5.91 Å². The van der Waals surface area contributed by atoms with Crippen molar-refractivity contribution in [2.45, 2.75) is 6.54 Å². The van der Waals surface area contributed by atoms with E-state index in [1.807, 2.05) is 6.07 Å². The van der Waals surface area contributed by atoms with E-state index in [4.69, 9.17) is 0 Å². The van der Waals surface area contributed by atoms with Gasteiger partial charge in [-0.1, -0.05) is 18.2 Å². The van der Waals surface area contributed by atoms with Crippen LogP contribution in [0.15, 0.2) is 48.0 Å². The van der Waals surface area contributed by atoms with Crippen LogP contribution in [0.1, 0.15) is 11.1 Å². The number of rotatable bonds is 4. The summed E-state index contributed by atoms with van der Waals surface area (Å²) in [4.78, 5) is 13.8. The number of nitriles is 1. The third kappa shape index (κ3) is 4.05. The molecule has 0 bridgehead atoms. The molecule has 0 aliphatic heterocycles. The Balaban J connectivity index is 2.18. The van der Waals surface area contributed by atoms with Crippen LogP contribution in [0.25, 0.3) is 6.08 Å². The van der Waals surface area contributed by atoms with Gasteiger partial charge in [0.1, 0.15) is 17.4 Å². The molecule has 1 amide bonds. The molecule has 6 nitrogen and oxygen atoms in total. The Labute approximate surface area is 139 Å². The first-order valence-corrected chi connectivity index (χ1v) is 7.08. The summed E-state index contributed by atoms with van der Waals surface area (Å²) in [6, 6.07) is 12.3. The summed E-state index contributed by atoms with van der Waals surface area (Å²) in [5.74, 6) is -0.942. The summed E-state index contributed by atoms with van der Waals surface area (Å²) < 4.78 is 0. The first kappa shape index (κ1) is 16.9. The minimum Gasteiger partial charge on any atom is -0.508 e. The average molecular weight is 324 g/mol. The molecule has 2 aromatic carbocycles. The van der Waals surface area contributed by atoms with Crippen molar-refractivity contribution in [1.29, 1.82) is 5.26 Å². The number of carbonyl (C=O) groups excluding carboxylic acids is 1. The number of benzene rings is 2. The minimum absolute atomic E-state index is 0.0960. The molecule has 0 aliphatic rings. The van der Waals surface area contributed by atoms with Crippen LogP contribution in [0, 0.1) is 11.3 Å². The van der Waals surface area contributed by atoms with E-state index in [-0.39, 0.29) is 29.4 Å². The number of likely N-dealkylation sites (N-methyl/N-ethyl adjacent to an activating group) is 1. The van der Waals surface area contributed by atoms with E-state index in [1.54, 1.807) is 19.2 Å². The van der Waals surface area contributed by atoms with E-state index in [9.17, 15) is 25.4 Å². The number of carbonyl (C=O) groups is 1. The summed E-state index contributed by atoms with van der Waals surface area (Å²) in [6.45, 7) is 0.277. The SMILES string of the molecule is CN(Cc1ccc(O)cc1)C(=O)/C(C#N)=C/c1ccc(O)c(O)c1. The van der Waals surface area contributed by atoms with Crippen LogP contribution in [-0.4, -0.2) is 33.2 Å². The van der Waals surface area contributed by atoms with Gasteiger partial charge in [-0.3, -0.25) is 4.79 Å². The number of amides is 1. The van der Waals surface area contributed by atoms with Crippen molar-refractivity contribution in [3.8, 4) is 23.3 Å². The van der Waals surface area contributed by atoms with Crippen LogP contribution in [0.4, 0.5) is 0 Å². The van der Waals surface area contributed by atoms with Crippen molar-refractivity contribution in [2.24, 2.45) is 0 Å². The maximum atomic E-state index is 12.4. The summed E-state index contributed by atoms with van der Waals surface area (Å²) in [6.07, 6.45) is 1.34. The van der Waals surface area contributed by atoms with Crippen LogP contribution in [0.3, 0.4) is 0 Å². The molecule has 2 rings (SSSR count). The Bertz CT molecular complexity index is 820. The molecular formula is C18H16N2O4. The molecule has 0 atom stereocenters. The van der Waals surface area contributed by atoms with Crippen LogP contribution in [-0.2, 0) is 11.3 Å². The largest absolute Gasteiger partial charge is 0.508 e. The van der Waals surface area contributed by atoms with Crippen LogP contribution >= 0.6 is 0 Å². The molecule has 0 radical (unpaired) electrons. The first-order chi connectivity index (χ1) is 11.4. The van der Waals surface area contributed by atoms with Crippen LogP contribution in [0.2, 0.25) is 0 Å². The topological polar surface area (TPSA) is 105 Å². The Morgan fingerprint density at radius 2 is 1.79 bits per heavy atom. The predicted molar refractivity (Wildman–Crippen MR) is 87.9 cm³/mol. The predicted octanol–water partition coefficient (Wildman–Crippen LogP) is 2.37. The standard InChI is InChI=1S/C18H16N2O4/c1-20(11-12-2-5-15(21)6-3-12)18(24)14(10-19)8-13-4-7-16(22)17(23)9-13/h2-9,21-23H,11H2,1H3/b14-8+. The second kappa shape index (κ2) is 7.20. The average Bonchev–Trinajstić information content (AvgIpc) is 2.57. The second-order valence-electron chi connectivity index (χ2n) is 5.25. The quantitative estimate of drug-likeness (QED) is 0.455. The molecule has 0 saturated carbocycles. The maximum Gasteiger partial charge on any atom is 0.264 e. The smallest absolute Gasteiger partial charge is 0.264 e. The Morgan fingerprint density at radius 3 is 2.38 bits per heavy atom. The first-order valence-electron chi connectivity index (χ1n) is 7.08. The van der Waals surface area contributed by atoms with Gasteiger partial charge in [-0.05, 0) is 41.5 Å². The number of aromatic hydroxyl groups is 3. The molecule has 0 spiro atoms. The molecule has 0 saturated heterocycles. The summed E-state index contributed by atoms with van der Waals surface area (Å²) in [5, 5.41) is 37.2. The number of hydrogen-bond donors (Lipinski definition) is 3. The lowest BCUT2D eigenvalue weighted by atomic mass is 10.1. The van der Waals surface area contributed by atoms with Gasteiger partial charge in [-0.15, -0.1) is 0 Å². The summed E-state index contributed by atoms with van der Waals surface area (Å²) >= 11 is 0. The van der Waals surface area contributed by atoms with Gasteiger partial charge in [0.15, 0.2) is 11.5 Å². The number of phenolic OH excluding ortho intramolecular Hbond substituents is 3. The van der Waals surface area contributed by atoms with E-state index in [1.165, 1.54) is 41.3 Å². The normalized spacial score (nSPS) is 10.9. The highest BCUT2D eigenvalue weighted by Crippen LogP contribution is 2.26. The molecule has 0 heterocycles. The molecule has 3 N–H and O–H groups in total. The van der Waals surface area contributed by atoms with Crippen molar-refractivity contribution in [2.75, 3.05) is 7.05 Å². The minimum atomic E-state index is -0.474. The Kier molecular flexibility index (Phi) is 5.07. The van der Waals surface area contributed by atoms with Gasteiger partial charge in [-0.25, -0.2) is 0 Å². The zero-order chi connectivity index (χ0) is 17.7. The number of nitrogens with zero attached hydrogens (tertiary/aromatic N) is 2. The van der Waals surface area contributed by atoms with Gasteiger partial charge in [0.25, 0.3) is 5.91 Å². The Morgan fingerprint density at radius 1 is 1.12 bits per heavy atom. The second-order valence-corrected chi connectivity index (χ2v) is 5.25. The lowest BCUT2D eigenvalue weighted by Gasteiger charge is -2.16. The molecule has 6 heteroatoms. The van der Waals surface area contributed by atoms with Crippen LogP contribution in [0.5, 0.6) is 17.2 Å². The van der Waals surface area contributed by atoms with Crippen molar-refractivity contribution >= 4 is 12.0 Å². The fourth-order valence-electron chi connectivity index (χ4n) is 2.09. The maximum absolute atomic E-state index is 12.4. The van der Waals surface area contributed by atoms with E-state index in [2.05, 4.69) is 0 Å². The summed E-state index contributed by atoms with van der Waals surface area (Å²) in [5.41, 5.74) is 1.14. The van der Waals surface area contributed by atoms with Gasteiger partial charge in [-0.2, -0.15) is 5.26 Å². The van der Waals surface area contributed by atoms with E-state index >= 15 is 0 Å². The summed E-state index contributed by atoms with van der Waals surface area (Å²) in [7, 11) is 1.56. The Hall–Kier alpha value is -3.46. The van der Waals surface area contributed by atoms with Gasteiger partial charge in [0.2, 0.25) is 0 Å². The lowest BCUT2D eigenvalue weighted by Crippen LogP contribution is -2.27. The fourth-order valence-corrected chi connectivity index (χ4v) is 2.09. The molecule has 2 aromatic rings. The molecule has 24 heavy (non-hydrogen) atoms. The number of phenols is 3. The van der Waals surface area contributed by atoms with Gasteiger partial charge in [0, 0.05) is 13.6 Å². The third-order valence-corrected chi connectivity index (χ3v) is 3.36. The monoisotopic (exact) mass is 324 g/mol. The molecule has 0 aliphatic carbocycles. The van der Waals surface area contributed by atoms with Gasteiger partial charge in [0.05, 0.1) is 0 Å². The highest BCUT2D eigenvalue weighted by atomic mass is 16.3. The van der Waals surface area contributed by atoms with Crippen molar-refractivity contribution < 1.29 is 20.1 Å². The van der Waals surface area contributed by atoms with Crippen molar-refractivity contribution in [1.82, 2.24) is 4.90 Å². The zero-order valence-electron chi connectivity index (χ0n) is 13.0. The molecule has 122 valence electrons. The molecule has 0 aromatic heterocycles. The highest BCUT2D eigenvalue weighted by Gasteiger charge is 2.15. The zero-order valence-corrected chi connectivity index (χ0v) is 13.0.